The topological polar surface area (TPSA) is 3.24 Å². The van der Waals surface area contributed by atoms with E-state index >= 15 is 0 Å². The van der Waals surface area contributed by atoms with Crippen molar-refractivity contribution < 1.29 is 0 Å². The van der Waals surface area contributed by atoms with Crippen LogP contribution >= 0.6 is 0 Å². The third-order valence-corrected chi connectivity index (χ3v) is 4.87. The summed E-state index contributed by atoms with van der Waals surface area (Å²) in [7, 11) is 0. The van der Waals surface area contributed by atoms with Crippen molar-refractivity contribution in [2.24, 2.45) is 11.3 Å². The average Bonchev–Trinajstić information content (AvgIpc) is 2.44. The summed E-state index contributed by atoms with van der Waals surface area (Å²) < 4.78 is 0. The largest absolute Gasteiger partial charge is 0.303 e. The van der Waals surface area contributed by atoms with Crippen LogP contribution in [0.15, 0.2) is 0 Å². The zero-order chi connectivity index (χ0) is 16.1. The van der Waals surface area contributed by atoms with Crippen LogP contribution in [0.25, 0.3) is 0 Å². The maximum Gasteiger partial charge on any atom is 0.000427 e. The summed E-state index contributed by atoms with van der Waals surface area (Å²) in [5.41, 5.74) is 0.578. The molecule has 1 heteroatoms. The molecule has 0 saturated carbocycles. The van der Waals surface area contributed by atoms with E-state index in [0.29, 0.717) is 5.41 Å². The molecule has 128 valence electrons. The van der Waals surface area contributed by atoms with Gasteiger partial charge in [-0.25, -0.2) is 0 Å². The fraction of sp³-hybridized carbons (Fsp3) is 1.00. The lowest BCUT2D eigenvalue weighted by atomic mass is 9.77. The van der Waals surface area contributed by atoms with E-state index < -0.39 is 0 Å². The van der Waals surface area contributed by atoms with E-state index in [-0.39, 0.29) is 0 Å². The summed E-state index contributed by atoms with van der Waals surface area (Å²) in [6.07, 6.45) is 12.6. The minimum Gasteiger partial charge on any atom is -0.303 e. The Balaban J connectivity index is 4.34. The quantitative estimate of drug-likeness (QED) is 0.330. The van der Waals surface area contributed by atoms with Crippen molar-refractivity contribution in [1.82, 2.24) is 4.90 Å². The Morgan fingerprint density at radius 1 is 0.810 bits per heavy atom. The molecule has 0 saturated heterocycles. The monoisotopic (exact) mass is 297 g/mol. The fourth-order valence-corrected chi connectivity index (χ4v) is 3.30. The highest BCUT2D eigenvalue weighted by atomic mass is 15.1. The first-order valence-electron chi connectivity index (χ1n) is 9.69. The van der Waals surface area contributed by atoms with Gasteiger partial charge in [-0.15, -0.1) is 0 Å². The van der Waals surface area contributed by atoms with Crippen molar-refractivity contribution in [3.8, 4) is 0 Å². The van der Waals surface area contributed by atoms with Gasteiger partial charge < -0.3 is 4.90 Å². The summed E-state index contributed by atoms with van der Waals surface area (Å²) in [5.74, 6) is 0.788. The Morgan fingerprint density at radius 3 is 1.71 bits per heavy atom. The van der Waals surface area contributed by atoms with E-state index in [1.165, 1.54) is 77.4 Å². The smallest absolute Gasteiger partial charge is 0.000427 e. The fourth-order valence-electron chi connectivity index (χ4n) is 3.30. The van der Waals surface area contributed by atoms with E-state index in [1.807, 2.05) is 0 Å². The standard InChI is InChI=1S/C20H43N/c1-7-10-12-14-20(6,15-13-11-8-2)16-17-21(9-3)18-19(4)5/h19H,7-18H2,1-6H3. The van der Waals surface area contributed by atoms with Crippen molar-refractivity contribution in [3.05, 3.63) is 0 Å². The molecule has 0 atom stereocenters. The third-order valence-electron chi connectivity index (χ3n) is 4.87. The third kappa shape index (κ3) is 11.2. The molecule has 0 radical (unpaired) electrons. The zero-order valence-electron chi connectivity index (χ0n) is 16.0. The highest BCUT2D eigenvalue weighted by Gasteiger charge is 2.24. The van der Waals surface area contributed by atoms with Crippen LogP contribution in [0.2, 0.25) is 0 Å². The minimum atomic E-state index is 0.578. The molecule has 0 aromatic heterocycles. The maximum atomic E-state index is 2.66. The molecule has 0 fully saturated rings. The van der Waals surface area contributed by atoms with Crippen LogP contribution in [0, 0.1) is 11.3 Å². The van der Waals surface area contributed by atoms with Gasteiger partial charge in [-0.05, 0) is 43.7 Å². The summed E-state index contributed by atoms with van der Waals surface area (Å²) in [4.78, 5) is 2.66. The molecule has 21 heavy (non-hydrogen) atoms. The molecule has 0 aliphatic rings. The second kappa shape index (κ2) is 12.5. The maximum absolute atomic E-state index is 2.66. The van der Waals surface area contributed by atoms with Gasteiger partial charge in [0.05, 0.1) is 0 Å². The first-order valence-corrected chi connectivity index (χ1v) is 9.69. The Labute approximate surface area is 135 Å². The Bertz CT molecular complexity index is 212. The molecular formula is C20H43N. The molecular weight excluding hydrogens is 254 g/mol. The summed E-state index contributed by atoms with van der Waals surface area (Å²) >= 11 is 0. The van der Waals surface area contributed by atoms with Crippen molar-refractivity contribution in [1.29, 1.82) is 0 Å². The van der Waals surface area contributed by atoms with Gasteiger partial charge in [-0.2, -0.15) is 0 Å². The van der Waals surface area contributed by atoms with Gasteiger partial charge in [0.15, 0.2) is 0 Å². The molecule has 0 aliphatic heterocycles. The Hall–Kier alpha value is -0.0400. The zero-order valence-corrected chi connectivity index (χ0v) is 16.0. The van der Waals surface area contributed by atoms with Gasteiger partial charge >= 0.3 is 0 Å². The number of hydrogen-bond donors (Lipinski definition) is 0. The number of hydrogen-bond acceptors (Lipinski definition) is 1. The second-order valence-corrected chi connectivity index (χ2v) is 7.76. The van der Waals surface area contributed by atoms with E-state index in [2.05, 4.69) is 46.4 Å². The lowest BCUT2D eigenvalue weighted by molar-refractivity contribution is 0.171. The van der Waals surface area contributed by atoms with Crippen LogP contribution in [-0.4, -0.2) is 24.5 Å². The van der Waals surface area contributed by atoms with Crippen LogP contribution in [0.4, 0.5) is 0 Å². The molecule has 0 spiro atoms. The minimum absolute atomic E-state index is 0.578. The van der Waals surface area contributed by atoms with Crippen LogP contribution < -0.4 is 0 Å². The molecule has 0 aromatic rings. The van der Waals surface area contributed by atoms with Crippen molar-refractivity contribution in [3.63, 3.8) is 0 Å². The average molecular weight is 298 g/mol. The van der Waals surface area contributed by atoms with Crippen LogP contribution in [0.1, 0.15) is 99.3 Å². The van der Waals surface area contributed by atoms with Crippen molar-refractivity contribution in [2.45, 2.75) is 99.3 Å². The van der Waals surface area contributed by atoms with E-state index in [0.717, 1.165) is 5.92 Å². The first-order chi connectivity index (χ1) is 9.97. The normalized spacial score (nSPS) is 12.6. The first kappa shape index (κ1) is 21.0. The van der Waals surface area contributed by atoms with E-state index in [9.17, 15) is 0 Å². The van der Waals surface area contributed by atoms with Crippen molar-refractivity contribution >= 4 is 0 Å². The Kier molecular flexibility index (Phi) is 12.5. The molecule has 0 rings (SSSR count). The highest BCUT2D eigenvalue weighted by molar-refractivity contribution is 4.76. The van der Waals surface area contributed by atoms with E-state index in [1.54, 1.807) is 0 Å². The SMILES string of the molecule is CCCCCC(C)(CCCCC)CCN(CC)CC(C)C. The Morgan fingerprint density at radius 2 is 1.33 bits per heavy atom. The molecule has 0 amide bonds. The lowest BCUT2D eigenvalue weighted by Crippen LogP contribution is -2.32. The number of unbranched alkanes of at least 4 members (excludes halogenated alkanes) is 4. The van der Waals surface area contributed by atoms with Gasteiger partial charge in [0, 0.05) is 6.54 Å². The van der Waals surface area contributed by atoms with Gasteiger partial charge in [-0.3, -0.25) is 0 Å². The van der Waals surface area contributed by atoms with Gasteiger partial charge in [0.1, 0.15) is 0 Å². The predicted octanol–water partition coefficient (Wildman–Crippen LogP) is 6.52. The summed E-state index contributed by atoms with van der Waals surface area (Å²) in [6.45, 7) is 17.9. The highest BCUT2D eigenvalue weighted by Crippen LogP contribution is 2.35. The van der Waals surface area contributed by atoms with E-state index in [4.69, 9.17) is 0 Å². The molecule has 0 N–H and O–H groups in total. The molecule has 0 aliphatic carbocycles. The molecule has 0 bridgehead atoms. The molecule has 0 unspecified atom stereocenters. The van der Waals surface area contributed by atoms with Crippen LogP contribution in [-0.2, 0) is 0 Å². The van der Waals surface area contributed by atoms with Crippen molar-refractivity contribution in [2.75, 3.05) is 19.6 Å². The van der Waals surface area contributed by atoms with Crippen LogP contribution in [0.3, 0.4) is 0 Å². The number of nitrogens with zero attached hydrogens (tertiary/aromatic N) is 1. The molecule has 0 aromatic carbocycles. The summed E-state index contributed by atoms with van der Waals surface area (Å²) in [6, 6.07) is 0. The van der Waals surface area contributed by atoms with Crippen LogP contribution in [0.5, 0.6) is 0 Å². The lowest BCUT2D eigenvalue weighted by Gasteiger charge is -2.33. The molecule has 0 heterocycles. The van der Waals surface area contributed by atoms with Gasteiger partial charge in [0.2, 0.25) is 0 Å². The predicted molar refractivity (Wildman–Crippen MR) is 98.0 cm³/mol. The van der Waals surface area contributed by atoms with Gasteiger partial charge in [-0.1, -0.05) is 80.1 Å². The second-order valence-electron chi connectivity index (χ2n) is 7.76. The summed E-state index contributed by atoms with van der Waals surface area (Å²) in [5, 5.41) is 0. The number of rotatable bonds is 14. The molecule has 1 nitrogen and oxygen atoms in total. The van der Waals surface area contributed by atoms with Gasteiger partial charge in [0.25, 0.3) is 0 Å².